The van der Waals surface area contributed by atoms with Gasteiger partial charge in [0.25, 0.3) is 5.69 Å². The molecule has 0 saturated heterocycles. The quantitative estimate of drug-likeness (QED) is 0.513. The van der Waals surface area contributed by atoms with Crippen LogP contribution in [0.5, 0.6) is 0 Å². The maximum Gasteiger partial charge on any atom is 0.296 e. The molecule has 0 aliphatic rings. The summed E-state index contributed by atoms with van der Waals surface area (Å²) in [6, 6.07) is 10.7. The molecule has 0 fully saturated rings. The molecule has 0 aliphatic heterocycles. The Balaban J connectivity index is 2.47. The number of aromatic nitrogens is 1. The van der Waals surface area contributed by atoms with Crippen molar-refractivity contribution in [2.45, 2.75) is 0 Å². The Kier molecular flexibility index (Phi) is 3.27. The van der Waals surface area contributed by atoms with Gasteiger partial charge in [-0.3, -0.25) is 10.1 Å². The molecule has 0 spiro atoms. The van der Waals surface area contributed by atoms with Crippen LogP contribution in [-0.2, 0) is 0 Å². The largest absolute Gasteiger partial charge is 0.296 e. The number of nitro groups is 1. The molecule has 21 heavy (non-hydrogen) atoms. The molecule has 0 unspecified atom stereocenters. The van der Waals surface area contributed by atoms with Crippen LogP contribution in [0.2, 0.25) is 5.02 Å². The SMILES string of the molecule is O=[N+]([O-])c1cnc2ccc(Cl)cc2c1-c1ccccc1F. The van der Waals surface area contributed by atoms with E-state index < -0.39 is 10.7 Å². The lowest BCUT2D eigenvalue weighted by molar-refractivity contribution is -0.384. The van der Waals surface area contributed by atoms with E-state index in [4.69, 9.17) is 11.6 Å². The summed E-state index contributed by atoms with van der Waals surface area (Å²) in [4.78, 5) is 14.7. The van der Waals surface area contributed by atoms with Gasteiger partial charge in [0.2, 0.25) is 0 Å². The lowest BCUT2D eigenvalue weighted by Crippen LogP contribution is -1.96. The van der Waals surface area contributed by atoms with Crippen molar-refractivity contribution in [3.63, 3.8) is 0 Å². The predicted octanol–water partition coefficient (Wildman–Crippen LogP) is 4.60. The first-order valence-electron chi connectivity index (χ1n) is 6.05. The van der Waals surface area contributed by atoms with E-state index in [0.29, 0.717) is 15.9 Å². The van der Waals surface area contributed by atoms with Crippen LogP contribution < -0.4 is 0 Å². The van der Waals surface area contributed by atoms with Crippen molar-refractivity contribution in [2.24, 2.45) is 0 Å². The van der Waals surface area contributed by atoms with Crippen LogP contribution in [0.1, 0.15) is 0 Å². The summed E-state index contributed by atoms with van der Waals surface area (Å²) in [5.41, 5.74) is 0.600. The van der Waals surface area contributed by atoms with Gasteiger partial charge < -0.3 is 0 Å². The zero-order chi connectivity index (χ0) is 15.0. The summed E-state index contributed by atoms with van der Waals surface area (Å²) in [6.07, 6.45) is 1.14. The molecular formula is C15H8ClFN2O2. The van der Waals surface area contributed by atoms with Crippen molar-refractivity contribution in [1.29, 1.82) is 0 Å². The van der Waals surface area contributed by atoms with E-state index in [1.807, 2.05) is 0 Å². The fourth-order valence-corrected chi connectivity index (χ4v) is 2.41. The lowest BCUT2D eigenvalue weighted by atomic mass is 9.99. The van der Waals surface area contributed by atoms with Crippen molar-refractivity contribution in [3.8, 4) is 11.1 Å². The Morgan fingerprint density at radius 1 is 1.19 bits per heavy atom. The number of pyridine rings is 1. The molecule has 104 valence electrons. The molecular weight excluding hydrogens is 295 g/mol. The molecule has 0 radical (unpaired) electrons. The smallest absolute Gasteiger partial charge is 0.258 e. The molecule has 0 N–H and O–H groups in total. The molecule has 2 aromatic carbocycles. The van der Waals surface area contributed by atoms with Gasteiger partial charge in [0.15, 0.2) is 0 Å². The predicted molar refractivity (Wildman–Crippen MR) is 78.8 cm³/mol. The average molecular weight is 303 g/mol. The number of hydrogen-bond donors (Lipinski definition) is 0. The normalized spacial score (nSPS) is 10.8. The molecule has 1 aromatic heterocycles. The van der Waals surface area contributed by atoms with Gasteiger partial charge in [-0.05, 0) is 24.3 Å². The van der Waals surface area contributed by atoms with Gasteiger partial charge in [-0.15, -0.1) is 0 Å². The van der Waals surface area contributed by atoms with Crippen LogP contribution in [0, 0.1) is 15.9 Å². The third-order valence-electron chi connectivity index (χ3n) is 3.15. The van der Waals surface area contributed by atoms with Gasteiger partial charge >= 0.3 is 0 Å². The van der Waals surface area contributed by atoms with Crippen molar-refractivity contribution in [2.75, 3.05) is 0 Å². The monoisotopic (exact) mass is 302 g/mol. The Morgan fingerprint density at radius 3 is 2.67 bits per heavy atom. The third-order valence-corrected chi connectivity index (χ3v) is 3.38. The van der Waals surface area contributed by atoms with Crippen molar-refractivity contribution in [3.05, 3.63) is 69.6 Å². The lowest BCUT2D eigenvalue weighted by Gasteiger charge is -2.08. The van der Waals surface area contributed by atoms with Crippen molar-refractivity contribution >= 4 is 28.2 Å². The van der Waals surface area contributed by atoms with Crippen molar-refractivity contribution < 1.29 is 9.31 Å². The van der Waals surface area contributed by atoms with E-state index in [1.165, 1.54) is 18.2 Å². The Bertz CT molecular complexity index is 867. The van der Waals surface area contributed by atoms with Crippen LogP contribution in [0.3, 0.4) is 0 Å². The molecule has 0 saturated carbocycles. The molecule has 0 amide bonds. The Labute approximate surface area is 124 Å². The fraction of sp³-hybridized carbons (Fsp3) is 0. The minimum absolute atomic E-state index is 0.152. The molecule has 4 nitrogen and oxygen atoms in total. The van der Waals surface area contributed by atoms with Crippen LogP contribution in [0.4, 0.5) is 10.1 Å². The van der Waals surface area contributed by atoms with Crippen LogP contribution in [0.25, 0.3) is 22.0 Å². The van der Waals surface area contributed by atoms with Crippen LogP contribution in [0.15, 0.2) is 48.7 Å². The summed E-state index contributed by atoms with van der Waals surface area (Å²) < 4.78 is 14.1. The zero-order valence-corrected chi connectivity index (χ0v) is 11.3. The van der Waals surface area contributed by atoms with E-state index in [1.54, 1.807) is 24.3 Å². The van der Waals surface area contributed by atoms with E-state index in [2.05, 4.69) is 4.98 Å². The summed E-state index contributed by atoms with van der Waals surface area (Å²) in [7, 11) is 0. The molecule has 0 aliphatic carbocycles. The number of fused-ring (bicyclic) bond motifs is 1. The highest BCUT2D eigenvalue weighted by Crippen LogP contribution is 2.37. The Morgan fingerprint density at radius 2 is 1.95 bits per heavy atom. The minimum Gasteiger partial charge on any atom is -0.258 e. The second kappa shape index (κ2) is 5.10. The molecule has 3 aromatic rings. The minimum atomic E-state index is -0.574. The van der Waals surface area contributed by atoms with E-state index >= 15 is 0 Å². The van der Waals surface area contributed by atoms with Gasteiger partial charge in [0.1, 0.15) is 12.0 Å². The number of nitrogens with zero attached hydrogens (tertiary/aromatic N) is 2. The summed E-state index contributed by atoms with van der Waals surface area (Å²) >= 11 is 5.96. The molecule has 6 heteroatoms. The standard InChI is InChI=1S/C15H8ClFN2O2/c16-9-5-6-13-11(7-9)15(14(8-18-13)19(20)21)10-3-1-2-4-12(10)17/h1-8H. The first-order valence-corrected chi connectivity index (χ1v) is 6.43. The molecule has 0 atom stereocenters. The Hall–Kier alpha value is -2.53. The number of rotatable bonds is 2. The zero-order valence-electron chi connectivity index (χ0n) is 10.6. The van der Waals surface area contributed by atoms with E-state index in [9.17, 15) is 14.5 Å². The topological polar surface area (TPSA) is 56.0 Å². The summed E-state index contributed by atoms with van der Waals surface area (Å²) in [6.45, 7) is 0. The maximum absolute atomic E-state index is 14.1. The van der Waals surface area contributed by atoms with Gasteiger partial charge in [-0.1, -0.05) is 29.8 Å². The second-order valence-corrected chi connectivity index (χ2v) is 4.85. The second-order valence-electron chi connectivity index (χ2n) is 4.42. The van der Waals surface area contributed by atoms with Gasteiger partial charge in [-0.2, -0.15) is 0 Å². The first kappa shape index (κ1) is 13.5. The fourth-order valence-electron chi connectivity index (χ4n) is 2.24. The van der Waals surface area contributed by atoms with Crippen molar-refractivity contribution in [1.82, 2.24) is 4.98 Å². The highest BCUT2D eigenvalue weighted by Gasteiger charge is 2.22. The number of benzene rings is 2. The molecule has 1 heterocycles. The average Bonchev–Trinajstić information content (AvgIpc) is 2.46. The molecule has 3 rings (SSSR count). The molecule has 0 bridgehead atoms. The maximum atomic E-state index is 14.1. The number of hydrogen-bond acceptors (Lipinski definition) is 3. The van der Waals surface area contributed by atoms with Crippen LogP contribution in [-0.4, -0.2) is 9.91 Å². The highest BCUT2D eigenvalue weighted by molar-refractivity contribution is 6.31. The number of halogens is 2. The van der Waals surface area contributed by atoms with Gasteiger partial charge in [0, 0.05) is 16.0 Å². The summed E-state index contributed by atoms with van der Waals surface area (Å²) in [5.74, 6) is -0.534. The first-order chi connectivity index (χ1) is 10.1. The summed E-state index contributed by atoms with van der Waals surface area (Å²) in [5, 5.41) is 12.1. The highest BCUT2D eigenvalue weighted by atomic mass is 35.5. The van der Waals surface area contributed by atoms with Gasteiger partial charge in [-0.25, -0.2) is 9.37 Å². The van der Waals surface area contributed by atoms with Crippen LogP contribution >= 0.6 is 11.6 Å². The van der Waals surface area contributed by atoms with E-state index in [0.717, 1.165) is 6.20 Å². The van der Waals surface area contributed by atoms with Gasteiger partial charge in [0.05, 0.1) is 16.0 Å². The van der Waals surface area contributed by atoms with E-state index in [-0.39, 0.29) is 16.8 Å². The third kappa shape index (κ3) is 2.32.